The van der Waals surface area contributed by atoms with Crippen LogP contribution in [-0.4, -0.2) is 33.5 Å². The summed E-state index contributed by atoms with van der Waals surface area (Å²) in [6.07, 6.45) is 4.34. The van der Waals surface area contributed by atoms with Crippen molar-refractivity contribution < 1.29 is 22.7 Å². The molecule has 9 heteroatoms. The van der Waals surface area contributed by atoms with E-state index in [1.165, 1.54) is 12.1 Å². The summed E-state index contributed by atoms with van der Waals surface area (Å²) in [5, 5.41) is 2.77. The fourth-order valence-electron chi connectivity index (χ4n) is 3.49. The summed E-state index contributed by atoms with van der Waals surface area (Å²) in [5.74, 6) is 1.68. The molecule has 2 aliphatic rings. The van der Waals surface area contributed by atoms with E-state index >= 15 is 0 Å². The minimum atomic E-state index is -3.75. The van der Waals surface area contributed by atoms with Crippen molar-refractivity contribution in [2.75, 3.05) is 18.7 Å². The van der Waals surface area contributed by atoms with Gasteiger partial charge in [-0.25, -0.2) is 8.42 Å². The van der Waals surface area contributed by atoms with E-state index in [4.69, 9.17) is 9.47 Å². The predicted molar refractivity (Wildman–Crippen MR) is 117 cm³/mol. The van der Waals surface area contributed by atoms with Gasteiger partial charge in [0.05, 0.1) is 4.90 Å². The number of rotatable bonds is 6. The molecule has 2 aromatic rings. The number of fused-ring (bicyclic) bond motifs is 1. The van der Waals surface area contributed by atoms with E-state index in [9.17, 15) is 13.2 Å². The van der Waals surface area contributed by atoms with Crippen LogP contribution in [0.25, 0.3) is 0 Å². The topological polar surface area (TPSA) is 106 Å². The molecule has 2 aromatic carbocycles. The van der Waals surface area contributed by atoms with E-state index in [0.29, 0.717) is 42.4 Å². The van der Waals surface area contributed by atoms with E-state index in [2.05, 4.69) is 15.0 Å². The van der Waals surface area contributed by atoms with Gasteiger partial charge in [-0.1, -0.05) is 18.6 Å². The number of aryl methyl sites for hydroxylation is 1. The highest BCUT2D eigenvalue weighted by Gasteiger charge is 2.18. The van der Waals surface area contributed by atoms with E-state index in [0.717, 1.165) is 24.8 Å². The van der Waals surface area contributed by atoms with Crippen molar-refractivity contribution in [3.05, 3.63) is 48.0 Å². The molecule has 2 aliphatic heterocycles. The number of amidine groups is 1. The van der Waals surface area contributed by atoms with Crippen LogP contribution in [-0.2, 0) is 21.2 Å². The molecule has 0 aromatic heterocycles. The molecule has 4 rings (SSSR count). The van der Waals surface area contributed by atoms with E-state index in [1.807, 2.05) is 18.2 Å². The van der Waals surface area contributed by atoms with Crippen molar-refractivity contribution in [2.24, 2.45) is 4.99 Å². The highest BCUT2D eigenvalue weighted by molar-refractivity contribution is 7.90. The molecule has 0 radical (unpaired) electrons. The summed E-state index contributed by atoms with van der Waals surface area (Å²) >= 11 is 0. The van der Waals surface area contributed by atoms with Gasteiger partial charge < -0.3 is 14.8 Å². The number of amides is 1. The number of anilines is 1. The molecule has 164 valence electrons. The number of benzene rings is 2. The monoisotopic (exact) mass is 443 g/mol. The molecule has 0 aliphatic carbocycles. The lowest BCUT2D eigenvalue weighted by molar-refractivity contribution is -0.116. The molecular weight excluding hydrogens is 418 g/mol. The maximum Gasteiger partial charge on any atom is 0.262 e. The van der Waals surface area contributed by atoms with Crippen LogP contribution in [0.1, 0.15) is 37.7 Å². The van der Waals surface area contributed by atoms with Crippen molar-refractivity contribution in [1.82, 2.24) is 4.72 Å². The fraction of sp³-hybridized carbons (Fsp3) is 0.364. The second kappa shape index (κ2) is 9.38. The third kappa shape index (κ3) is 5.55. The van der Waals surface area contributed by atoms with Gasteiger partial charge in [0.15, 0.2) is 11.5 Å². The van der Waals surface area contributed by atoms with Gasteiger partial charge in [0.2, 0.25) is 12.7 Å². The zero-order valence-corrected chi connectivity index (χ0v) is 17.9. The molecule has 2 N–H and O–H groups in total. The quantitative estimate of drug-likeness (QED) is 0.713. The van der Waals surface area contributed by atoms with Crippen LogP contribution in [0.5, 0.6) is 11.5 Å². The van der Waals surface area contributed by atoms with Gasteiger partial charge in [-0.15, -0.1) is 0 Å². The second-order valence-electron chi connectivity index (χ2n) is 7.51. The molecule has 8 nitrogen and oxygen atoms in total. The number of nitrogens with zero attached hydrogens (tertiary/aromatic N) is 1. The number of carbonyl (C=O) groups is 1. The van der Waals surface area contributed by atoms with Crippen LogP contribution in [0.4, 0.5) is 5.69 Å². The van der Waals surface area contributed by atoms with E-state index in [-0.39, 0.29) is 24.0 Å². The molecule has 31 heavy (non-hydrogen) atoms. The number of ether oxygens (including phenoxy) is 2. The summed E-state index contributed by atoms with van der Waals surface area (Å²) in [6, 6.07) is 11.8. The maximum absolute atomic E-state index is 12.7. The average molecular weight is 444 g/mol. The number of hydrogen-bond donors (Lipinski definition) is 2. The standard InChI is InChI=1S/C22H25N3O5S/c26-22(11-9-16-8-10-19-20(13-16)30-15-29-19)24-17-5-4-6-18(14-17)31(27,28)25-21-7-2-1-3-12-23-21/h4-6,8,10,13-14H,1-3,7,9,11-12,15H2,(H,23,25)(H,24,26). The van der Waals surface area contributed by atoms with Crippen molar-refractivity contribution in [1.29, 1.82) is 0 Å². The Morgan fingerprint density at radius 1 is 1.03 bits per heavy atom. The van der Waals surface area contributed by atoms with Gasteiger partial charge in [0.25, 0.3) is 10.0 Å². The number of aliphatic imine (C=N–C) groups is 1. The Hall–Kier alpha value is -3.07. The first-order chi connectivity index (χ1) is 15.0. The molecule has 1 amide bonds. The Kier molecular flexibility index (Phi) is 6.41. The molecule has 0 spiro atoms. The van der Waals surface area contributed by atoms with Crippen LogP contribution in [0, 0.1) is 0 Å². The van der Waals surface area contributed by atoms with Crippen LogP contribution in [0.3, 0.4) is 0 Å². The number of hydrogen-bond acceptors (Lipinski definition) is 6. The minimum absolute atomic E-state index is 0.0908. The van der Waals surface area contributed by atoms with Gasteiger partial charge in [-0.2, -0.15) is 0 Å². The maximum atomic E-state index is 12.7. The van der Waals surface area contributed by atoms with Gasteiger partial charge in [0, 0.05) is 25.1 Å². The third-order valence-electron chi connectivity index (χ3n) is 5.13. The first-order valence-corrected chi connectivity index (χ1v) is 11.8. The average Bonchev–Trinajstić information content (AvgIpc) is 3.08. The summed E-state index contributed by atoms with van der Waals surface area (Å²) in [4.78, 5) is 16.8. The first kappa shape index (κ1) is 21.2. The normalized spacial score (nSPS) is 15.7. The summed E-state index contributed by atoms with van der Waals surface area (Å²) in [7, 11) is -3.75. The van der Waals surface area contributed by atoms with Crippen LogP contribution in [0.2, 0.25) is 0 Å². The molecular formula is C22H25N3O5S. The molecule has 0 bridgehead atoms. The molecule has 2 heterocycles. The molecule has 0 unspecified atom stereocenters. The Morgan fingerprint density at radius 3 is 2.81 bits per heavy atom. The largest absolute Gasteiger partial charge is 0.454 e. The Balaban J connectivity index is 1.36. The Bertz CT molecular complexity index is 1100. The number of sulfonamides is 1. The van der Waals surface area contributed by atoms with Crippen LogP contribution in [0.15, 0.2) is 52.4 Å². The van der Waals surface area contributed by atoms with Crippen molar-refractivity contribution >= 4 is 27.5 Å². The first-order valence-electron chi connectivity index (χ1n) is 10.3. The van der Waals surface area contributed by atoms with E-state index < -0.39 is 10.0 Å². The number of nitrogens with one attached hydrogen (secondary N) is 2. The Labute approximate surface area is 181 Å². The molecule has 0 saturated carbocycles. The molecule has 0 fully saturated rings. The zero-order valence-electron chi connectivity index (χ0n) is 17.1. The van der Waals surface area contributed by atoms with Gasteiger partial charge in [0.1, 0.15) is 5.84 Å². The lowest BCUT2D eigenvalue weighted by Crippen LogP contribution is -2.30. The van der Waals surface area contributed by atoms with Crippen LogP contribution >= 0.6 is 0 Å². The summed E-state index contributed by atoms with van der Waals surface area (Å²) in [5.41, 5.74) is 1.39. The SMILES string of the molecule is O=C(CCc1ccc2c(c1)OCO2)Nc1cccc(S(=O)(=O)NC2=NCCCCC2)c1. The van der Waals surface area contributed by atoms with Crippen molar-refractivity contribution in [3.63, 3.8) is 0 Å². The second-order valence-corrected chi connectivity index (χ2v) is 9.19. The highest BCUT2D eigenvalue weighted by Crippen LogP contribution is 2.32. The van der Waals surface area contributed by atoms with E-state index in [1.54, 1.807) is 12.1 Å². The number of carbonyl (C=O) groups excluding carboxylic acids is 1. The highest BCUT2D eigenvalue weighted by atomic mass is 32.2. The van der Waals surface area contributed by atoms with Gasteiger partial charge >= 0.3 is 0 Å². The zero-order chi connectivity index (χ0) is 21.7. The van der Waals surface area contributed by atoms with Gasteiger partial charge in [-0.05, 0) is 55.2 Å². The fourth-order valence-corrected chi connectivity index (χ4v) is 4.62. The summed E-state index contributed by atoms with van der Waals surface area (Å²) < 4.78 is 38.7. The van der Waals surface area contributed by atoms with Crippen molar-refractivity contribution in [2.45, 2.75) is 43.4 Å². The Morgan fingerprint density at radius 2 is 1.90 bits per heavy atom. The van der Waals surface area contributed by atoms with Gasteiger partial charge in [-0.3, -0.25) is 14.5 Å². The summed E-state index contributed by atoms with van der Waals surface area (Å²) in [6.45, 7) is 0.845. The minimum Gasteiger partial charge on any atom is -0.454 e. The molecule has 0 atom stereocenters. The lowest BCUT2D eigenvalue weighted by Gasteiger charge is -2.11. The predicted octanol–water partition coefficient (Wildman–Crippen LogP) is 3.24. The lowest BCUT2D eigenvalue weighted by atomic mass is 10.1. The third-order valence-corrected chi connectivity index (χ3v) is 6.51. The smallest absolute Gasteiger partial charge is 0.262 e. The van der Waals surface area contributed by atoms with Crippen LogP contribution < -0.4 is 19.5 Å². The molecule has 0 saturated heterocycles. The van der Waals surface area contributed by atoms with Crippen molar-refractivity contribution in [3.8, 4) is 11.5 Å².